The van der Waals surface area contributed by atoms with Crippen LogP contribution in [0.1, 0.15) is 37.7 Å². The number of carboxylic acid groups (broad SMARTS) is 1. The van der Waals surface area contributed by atoms with Crippen molar-refractivity contribution in [3.05, 3.63) is 35.9 Å². The molecule has 1 aliphatic carbocycles. The summed E-state index contributed by atoms with van der Waals surface area (Å²) in [6.07, 6.45) is 7.43. The number of carboxylic acids is 1. The van der Waals surface area contributed by atoms with Gasteiger partial charge in [-0.1, -0.05) is 49.6 Å². The molecule has 0 spiro atoms. The fraction of sp³-hybridized carbons (Fsp3) is 0.562. The largest absolute Gasteiger partial charge is 0.480 e. The molecule has 0 unspecified atom stereocenters. The average molecular weight is 278 g/mol. The number of rotatable bonds is 4. The van der Waals surface area contributed by atoms with E-state index in [1.807, 2.05) is 30.3 Å². The minimum atomic E-state index is -0.959. The lowest BCUT2D eigenvalue weighted by molar-refractivity contribution is -0.138. The SMILES string of the molecule is NCC1CCCCC1.N[C@@H](Cc1ccccc1)C(=O)O. The van der Waals surface area contributed by atoms with Crippen molar-refractivity contribution >= 4 is 5.97 Å². The summed E-state index contributed by atoms with van der Waals surface area (Å²) in [5.41, 5.74) is 11.8. The van der Waals surface area contributed by atoms with Crippen LogP contribution in [0, 0.1) is 5.92 Å². The molecule has 0 saturated heterocycles. The molecule has 4 nitrogen and oxygen atoms in total. The van der Waals surface area contributed by atoms with Gasteiger partial charge in [0, 0.05) is 0 Å². The minimum Gasteiger partial charge on any atom is -0.480 e. The van der Waals surface area contributed by atoms with Crippen LogP contribution in [0.15, 0.2) is 30.3 Å². The van der Waals surface area contributed by atoms with Gasteiger partial charge in [-0.05, 0) is 37.3 Å². The van der Waals surface area contributed by atoms with Crippen LogP contribution in [0.3, 0.4) is 0 Å². The first-order chi connectivity index (χ1) is 9.63. The Morgan fingerprint density at radius 3 is 2.25 bits per heavy atom. The van der Waals surface area contributed by atoms with E-state index < -0.39 is 12.0 Å². The first-order valence-corrected chi connectivity index (χ1v) is 7.36. The van der Waals surface area contributed by atoms with Gasteiger partial charge in [0.1, 0.15) is 6.04 Å². The number of aliphatic carboxylic acids is 1. The van der Waals surface area contributed by atoms with Gasteiger partial charge in [0.05, 0.1) is 0 Å². The maximum atomic E-state index is 10.4. The second kappa shape index (κ2) is 9.50. The second-order valence-corrected chi connectivity index (χ2v) is 5.37. The molecular weight excluding hydrogens is 252 g/mol. The number of benzene rings is 1. The zero-order valence-electron chi connectivity index (χ0n) is 12.0. The van der Waals surface area contributed by atoms with Crippen LogP contribution in [-0.4, -0.2) is 23.7 Å². The Kier molecular flexibility index (Phi) is 7.92. The van der Waals surface area contributed by atoms with Crippen molar-refractivity contribution in [1.29, 1.82) is 0 Å². The molecule has 20 heavy (non-hydrogen) atoms. The van der Waals surface area contributed by atoms with Crippen molar-refractivity contribution in [2.45, 2.75) is 44.6 Å². The molecule has 0 heterocycles. The summed E-state index contributed by atoms with van der Waals surface area (Å²) in [4.78, 5) is 10.4. The number of hydrogen-bond donors (Lipinski definition) is 3. The van der Waals surface area contributed by atoms with E-state index in [-0.39, 0.29) is 0 Å². The van der Waals surface area contributed by atoms with Crippen LogP contribution in [0.25, 0.3) is 0 Å². The Balaban J connectivity index is 0.000000217. The van der Waals surface area contributed by atoms with Gasteiger partial charge in [0.2, 0.25) is 0 Å². The Hall–Kier alpha value is -1.39. The highest BCUT2D eigenvalue weighted by Crippen LogP contribution is 2.21. The minimum absolute atomic E-state index is 0.385. The quantitative estimate of drug-likeness (QED) is 0.787. The van der Waals surface area contributed by atoms with Gasteiger partial charge in [-0.2, -0.15) is 0 Å². The molecule has 0 amide bonds. The van der Waals surface area contributed by atoms with Crippen LogP contribution in [0.4, 0.5) is 0 Å². The maximum absolute atomic E-state index is 10.4. The van der Waals surface area contributed by atoms with Crippen LogP contribution in [0.2, 0.25) is 0 Å². The first-order valence-electron chi connectivity index (χ1n) is 7.36. The molecule has 112 valence electrons. The van der Waals surface area contributed by atoms with Gasteiger partial charge in [0.25, 0.3) is 0 Å². The summed E-state index contributed by atoms with van der Waals surface area (Å²) < 4.78 is 0. The predicted octanol–water partition coefficient (Wildman–Crippen LogP) is 2.17. The zero-order valence-corrected chi connectivity index (χ0v) is 12.0. The van der Waals surface area contributed by atoms with E-state index in [4.69, 9.17) is 16.6 Å². The van der Waals surface area contributed by atoms with Gasteiger partial charge in [0.15, 0.2) is 0 Å². The molecule has 0 aliphatic heterocycles. The Bertz CT molecular complexity index is 375. The Morgan fingerprint density at radius 1 is 1.20 bits per heavy atom. The van der Waals surface area contributed by atoms with Crippen molar-refractivity contribution < 1.29 is 9.90 Å². The normalized spacial score (nSPS) is 16.9. The molecule has 1 aromatic rings. The molecule has 5 N–H and O–H groups in total. The average Bonchev–Trinajstić information content (AvgIpc) is 2.49. The van der Waals surface area contributed by atoms with Crippen LogP contribution in [0.5, 0.6) is 0 Å². The van der Waals surface area contributed by atoms with E-state index >= 15 is 0 Å². The lowest BCUT2D eigenvalue weighted by Gasteiger charge is -2.18. The molecule has 0 aromatic heterocycles. The fourth-order valence-corrected chi connectivity index (χ4v) is 2.38. The Morgan fingerprint density at radius 2 is 1.80 bits per heavy atom. The summed E-state index contributed by atoms with van der Waals surface area (Å²) >= 11 is 0. The van der Waals surface area contributed by atoms with Gasteiger partial charge in [-0.3, -0.25) is 4.79 Å². The van der Waals surface area contributed by atoms with E-state index in [0.29, 0.717) is 6.42 Å². The second-order valence-electron chi connectivity index (χ2n) is 5.37. The van der Waals surface area contributed by atoms with Gasteiger partial charge < -0.3 is 16.6 Å². The molecular formula is C16H26N2O2. The molecule has 1 atom stereocenters. The van der Waals surface area contributed by atoms with Crippen molar-refractivity contribution in [3.63, 3.8) is 0 Å². The smallest absolute Gasteiger partial charge is 0.320 e. The van der Waals surface area contributed by atoms with E-state index in [9.17, 15) is 4.79 Å². The first kappa shape index (κ1) is 16.7. The van der Waals surface area contributed by atoms with Crippen LogP contribution >= 0.6 is 0 Å². The third-order valence-electron chi connectivity index (χ3n) is 3.67. The highest BCUT2D eigenvalue weighted by atomic mass is 16.4. The van der Waals surface area contributed by atoms with E-state index in [1.54, 1.807) is 0 Å². The lowest BCUT2D eigenvalue weighted by atomic mass is 9.90. The topological polar surface area (TPSA) is 89.3 Å². The maximum Gasteiger partial charge on any atom is 0.320 e. The highest BCUT2D eigenvalue weighted by Gasteiger charge is 2.11. The number of carbonyl (C=O) groups is 1. The fourth-order valence-electron chi connectivity index (χ4n) is 2.38. The van der Waals surface area contributed by atoms with E-state index in [1.165, 1.54) is 32.1 Å². The van der Waals surface area contributed by atoms with Gasteiger partial charge in [-0.25, -0.2) is 0 Å². The van der Waals surface area contributed by atoms with E-state index in [2.05, 4.69) is 0 Å². The highest BCUT2D eigenvalue weighted by molar-refractivity contribution is 5.73. The number of nitrogens with two attached hydrogens (primary N) is 2. The summed E-state index contributed by atoms with van der Waals surface area (Å²) in [5, 5.41) is 8.52. The van der Waals surface area contributed by atoms with Crippen LogP contribution < -0.4 is 11.5 Å². The molecule has 1 fully saturated rings. The van der Waals surface area contributed by atoms with Crippen LogP contribution in [-0.2, 0) is 11.2 Å². The summed E-state index contributed by atoms with van der Waals surface area (Å²) in [6, 6.07) is 8.54. The van der Waals surface area contributed by atoms with Crippen molar-refractivity contribution in [1.82, 2.24) is 0 Å². The van der Waals surface area contributed by atoms with Crippen molar-refractivity contribution in [2.24, 2.45) is 17.4 Å². The van der Waals surface area contributed by atoms with E-state index in [0.717, 1.165) is 18.0 Å². The van der Waals surface area contributed by atoms with Gasteiger partial charge >= 0.3 is 5.97 Å². The Labute approximate surface area is 121 Å². The molecule has 1 aromatic carbocycles. The molecule has 4 heteroatoms. The van der Waals surface area contributed by atoms with Crippen molar-refractivity contribution in [3.8, 4) is 0 Å². The monoisotopic (exact) mass is 278 g/mol. The van der Waals surface area contributed by atoms with Gasteiger partial charge in [-0.15, -0.1) is 0 Å². The zero-order chi connectivity index (χ0) is 14.8. The lowest BCUT2D eigenvalue weighted by Crippen LogP contribution is -2.32. The third-order valence-corrected chi connectivity index (χ3v) is 3.67. The number of hydrogen-bond acceptors (Lipinski definition) is 3. The molecule has 2 rings (SSSR count). The summed E-state index contributed by atoms with van der Waals surface area (Å²) in [5.74, 6) is -0.0948. The molecule has 1 saturated carbocycles. The van der Waals surface area contributed by atoms with Crippen molar-refractivity contribution in [2.75, 3.05) is 6.54 Å². The predicted molar refractivity (Wildman–Crippen MR) is 81.4 cm³/mol. The standard InChI is InChI=1S/C9H11NO2.C7H15N/c10-8(9(11)12)6-7-4-2-1-3-5-7;8-6-7-4-2-1-3-5-7/h1-5,8H,6,10H2,(H,11,12);7H,1-6,8H2/t8-;/m0./s1. The third kappa shape index (κ3) is 6.68. The summed E-state index contributed by atoms with van der Waals surface area (Å²) in [6.45, 7) is 0.917. The molecule has 0 bridgehead atoms. The molecule has 1 aliphatic rings. The molecule has 0 radical (unpaired) electrons. The summed E-state index contributed by atoms with van der Waals surface area (Å²) in [7, 11) is 0.